The van der Waals surface area contributed by atoms with Crippen LogP contribution < -0.4 is 15.5 Å². The van der Waals surface area contributed by atoms with Crippen LogP contribution in [0.5, 0.6) is 0 Å². The van der Waals surface area contributed by atoms with Crippen LogP contribution in [-0.2, 0) is 17.0 Å². The second-order valence-electron chi connectivity index (χ2n) is 7.99. The number of benzene rings is 1. The van der Waals surface area contributed by atoms with Gasteiger partial charge in [-0.25, -0.2) is 9.97 Å². The van der Waals surface area contributed by atoms with Crippen LogP contribution in [0.2, 0.25) is 5.02 Å². The summed E-state index contributed by atoms with van der Waals surface area (Å²) in [5, 5.41) is 8.38. The van der Waals surface area contributed by atoms with Crippen LogP contribution in [0.1, 0.15) is 12.0 Å². The Morgan fingerprint density at radius 2 is 2.15 bits per heavy atom. The molecule has 2 fully saturated rings. The van der Waals surface area contributed by atoms with Gasteiger partial charge in [-0.2, -0.15) is 13.2 Å². The van der Waals surface area contributed by atoms with E-state index >= 15 is 0 Å². The fourth-order valence-electron chi connectivity index (χ4n) is 4.21. The van der Waals surface area contributed by atoms with Crippen LogP contribution in [0.25, 0.3) is 10.6 Å². The van der Waals surface area contributed by atoms with Crippen molar-refractivity contribution in [3.8, 4) is 10.6 Å². The molecule has 174 valence electrons. The number of rotatable bonds is 5. The van der Waals surface area contributed by atoms with Gasteiger partial charge in [-0.05, 0) is 30.7 Å². The molecular weight excluding hydrogens is 495 g/mol. The van der Waals surface area contributed by atoms with E-state index in [1.54, 1.807) is 11.4 Å². The quantitative estimate of drug-likeness (QED) is 0.505. The van der Waals surface area contributed by atoms with E-state index < -0.39 is 22.5 Å². The molecule has 2 N–H and O–H groups in total. The number of hydrogen-bond acceptors (Lipinski definition) is 7. The lowest BCUT2D eigenvalue weighted by Gasteiger charge is -2.30. The molecule has 0 spiro atoms. The molecule has 2 aliphatic rings. The van der Waals surface area contributed by atoms with Crippen LogP contribution in [0.15, 0.2) is 40.7 Å². The minimum Gasteiger partial charge on any atom is -0.366 e. The van der Waals surface area contributed by atoms with E-state index in [2.05, 4.69) is 25.5 Å². The van der Waals surface area contributed by atoms with Crippen molar-refractivity contribution in [3.63, 3.8) is 0 Å². The SMILES string of the molecule is CS(=O)c1csc(-c2nc(Nc3ccc(N4CC5CC4CN5)cc3Cl)ncc2C(F)(F)F)c1. The molecule has 0 saturated carbocycles. The van der Waals surface area contributed by atoms with Gasteiger partial charge >= 0.3 is 6.18 Å². The van der Waals surface area contributed by atoms with Gasteiger partial charge in [-0.1, -0.05) is 11.6 Å². The van der Waals surface area contributed by atoms with E-state index in [1.807, 2.05) is 12.1 Å². The topological polar surface area (TPSA) is 70.2 Å². The monoisotopic (exact) mass is 513 g/mol. The summed E-state index contributed by atoms with van der Waals surface area (Å²) in [6.07, 6.45) is -1.30. The Hall–Kier alpha value is -2.21. The van der Waals surface area contributed by atoms with Crippen molar-refractivity contribution < 1.29 is 17.4 Å². The van der Waals surface area contributed by atoms with E-state index in [1.165, 1.54) is 12.3 Å². The molecule has 3 aromatic rings. The third-order valence-electron chi connectivity index (χ3n) is 5.82. The van der Waals surface area contributed by atoms with Gasteiger partial charge in [0.05, 0.1) is 32.1 Å². The minimum absolute atomic E-state index is 0.00958. The van der Waals surface area contributed by atoms with Gasteiger partial charge in [0.1, 0.15) is 5.56 Å². The molecule has 4 heterocycles. The first-order chi connectivity index (χ1) is 15.7. The van der Waals surface area contributed by atoms with Crippen molar-refractivity contribution in [1.82, 2.24) is 15.3 Å². The summed E-state index contributed by atoms with van der Waals surface area (Å²) in [6, 6.07) is 7.95. The molecule has 6 nitrogen and oxygen atoms in total. The zero-order valence-corrected chi connectivity index (χ0v) is 19.7. The van der Waals surface area contributed by atoms with Crippen molar-refractivity contribution in [1.29, 1.82) is 0 Å². The number of hydrogen-bond donors (Lipinski definition) is 2. The molecular formula is C21H19ClF3N5OS2. The van der Waals surface area contributed by atoms with Crippen LogP contribution in [0, 0.1) is 0 Å². The maximum atomic E-state index is 13.6. The lowest BCUT2D eigenvalue weighted by Crippen LogP contribution is -2.43. The molecule has 0 amide bonds. The third-order valence-corrected chi connectivity index (χ3v) is 8.12. The molecule has 5 rings (SSSR count). The number of thiophene rings is 1. The number of aromatic nitrogens is 2. The fourth-order valence-corrected chi connectivity index (χ4v) is 6.25. The zero-order chi connectivity index (χ0) is 23.3. The molecule has 2 aromatic heterocycles. The van der Waals surface area contributed by atoms with Gasteiger partial charge in [-0.3, -0.25) is 4.21 Å². The molecule has 0 aliphatic carbocycles. The molecule has 3 unspecified atom stereocenters. The summed E-state index contributed by atoms with van der Waals surface area (Å²) < 4.78 is 52.5. The molecule has 2 saturated heterocycles. The number of piperazine rings is 1. The predicted octanol–water partition coefficient (Wildman–Crippen LogP) is 4.91. The Bertz CT molecular complexity index is 1230. The Balaban J connectivity index is 1.44. The maximum Gasteiger partial charge on any atom is 0.420 e. The van der Waals surface area contributed by atoms with E-state index in [0.29, 0.717) is 27.7 Å². The molecule has 3 atom stereocenters. The predicted molar refractivity (Wildman–Crippen MR) is 125 cm³/mol. The first-order valence-corrected chi connectivity index (χ1v) is 12.9. The number of anilines is 3. The molecule has 12 heteroatoms. The highest BCUT2D eigenvalue weighted by Crippen LogP contribution is 2.39. The van der Waals surface area contributed by atoms with Crippen LogP contribution in [-0.4, -0.2) is 45.6 Å². The first kappa shape index (κ1) is 22.6. The second kappa shape index (κ2) is 8.53. The molecule has 33 heavy (non-hydrogen) atoms. The highest BCUT2D eigenvalue weighted by atomic mass is 35.5. The Kier molecular flexibility index (Phi) is 5.84. The second-order valence-corrected chi connectivity index (χ2v) is 10.7. The Morgan fingerprint density at radius 3 is 2.76 bits per heavy atom. The van der Waals surface area contributed by atoms with Crippen molar-refractivity contribution in [2.75, 3.05) is 29.6 Å². The van der Waals surface area contributed by atoms with Gasteiger partial charge in [-0.15, -0.1) is 11.3 Å². The van der Waals surface area contributed by atoms with Crippen molar-refractivity contribution in [3.05, 3.63) is 46.4 Å². The van der Waals surface area contributed by atoms with Gasteiger partial charge in [0.2, 0.25) is 5.95 Å². The van der Waals surface area contributed by atoms with Crippen molar-refractivity contribution in [2.45, 2.75) is 29.6 Å². The smallest absolute Gasteiger partial charge is 0.366 e. The van der Waals surface area contributed by atoms with Crippen molar-refractivity contribution >= 4 is 51.1 Å². The average Bonchev–Trinajstić information content (AvgIpc) is 3.51. The minimum atomic E-state index is -4.63. The summed E-state index contributed by atoms with van der Waals surface area (Å²) in [5.74, 6) is -0.00958. The number of alkyl halides is 3. The fraction of sp³-hybridized carbons (Fsp3) is 0.333. The van der Waals surface area contributed by atoms with E-state index in [0.717, 1.165) is 42.7 Å². The van der Waals surface area contributed by atoms with E-state index in [9.17, 15) is 17.4 Å². The van der Waals surface area contributed by atoms with E-state index in [-0.39, 0.29) is 16.5 Å². The standard InChI is InChI=1S/C21H19ClF3N5OS2/c1-33(31)14-6-18(32-10-14)19-15(21(23,24)25)8-27-20(29-19)28-17-3-2-12(5-16(17)22)30-9-11-4-13(30)7-26-11/h2-3,5-6,8,10-11,13,26H,4,7,9H2,1H3,(H,27,28,29). The van der Waals surface area contributed by atoms with Crippen LogP contribution in [0.3, 0.4) is 0 Å². The number of nitrogens with one attached hydrogen (secondary N) is 2. The van der Waals surface area contributed by atoms with Crippen molar-refractivity contribution in [2.24, 2.45) is 0 Å². The molecule has 2 bridgehead atoms. The highest BCUT2D eigenvalue weighted by Gasteiger charge is 2.38. The zero-order valence-electron chi connectivity index (χ0n) is 17.3. The van der Waals surface area contributed by atoms with Gasteiger partial charge in [0, 0.05) is 53.6 Å². The summed E-state index contributed by atoms with van der Waals surface area (Å²) >= 11 is 7.54. The highest BCUT2D eigenvalue weighted by molar-refractivity contribution is 7.84. The normalized spacial score (nSPS) is 20.9. The Morgan fingerprint density at radius 1 is 1.33 bits per heavy atom. The summed E-state index contributed by atoms with van der Waals surface area (Å²) in [5.41, 5.74) is 0.278. The average molecular weight is 514 g/mol. The first-order valence-electron chi connectivity index (χ1n) is 10.1. The van der Waals surface area contributed by atoms with Gasteiger partial charge in [0.25, 0.3) is 0 Å². The lowest BCUT2D eigenvalue weighted by molar-refractivity contribution is -0.137. The number of fused-ring (bicyclic) bond motifs is 2. The summed E-state index contributed by atoms with van der Waals surface area (Å²) in [7, 11) is -1.31. The van der Waals surface area contributed by atoms with Crippen LogP contribution in [0.4, 0.5) is 30.5 Å². The molecule has 1 aromatic carbocycles. The van der Waals surface area contributed by atoms with E-state index in [4.69, 9.17) is 11.6 Å². The lowest BCUT2D eigenvalue weighted by atomic mass is 10.2. The number of halogens is 4. The third kappa shape index (κ3) is 4.46. The largest absolute Gasteiger partial charge is 0.420 e. The molecule has 2 aliphatic heterocycles. The summed E-state index contributed by atoms with van der Waals surface area (Å²) in [6.45, 7) is 1.87. The summed E-state index contributed by atoms with van der Waals surface area (Å²) in [4.78, 5) is 11.0. The van der Waals surface area contributed by atoms with Gasteiger partial charge < -0.3 is 15.5 Å². The van der Waals surface area contributed by atoms with Gasteiger partial charge in [0.15, 0.2) is 0 Å². The number of nitrogens with zero attached hydrogens (tertiary/aromatic N) is 3. The maximum absolute atomic E-state index is 13.6. The molecule has 0 radical (unpaired) electrons. The Labute approximate surface area is 199 Å². The van der Waals surface area contributed by atoms with Crippen LogP contribution >= 0.6 is 22.9 Å².